The summed E-state index contributed by atoms with van der Waals surface area (Å²) >= 11 is 0. The zero-order chi connectivity index (χ0) is 12.8. The first-order valence-electron chi connectivity index (χ1n) is 5.93. The van der Waals surface area contributed by atoms with Crippen molar-refractivity contribution in [2.24, 2.45) is 0 Å². The molecule has 0 N–H and O–H groups in total. The smallest absolute Gasteiger partial charge is 0.410 e. The van der Waals surface area contributed by atoms with Gasteiger partial charge in [0.1, 0.15) is 5.60 Å². The Hall–Kier alpha value is -0.730. The Morgan fingerprint density at radius 1 is 1.42 bits per heavy atom. The molecule has 0 aromatic rings. The molecule has 3 heteroatoms. The lowest BCUT2D eigenvalue weighted by Crippen LogP contribution is -2.34. The fourth-order valence-electron chi connectivity index (χ4n) is 0.814. The SMILES string of the molecule is [2H]C1([2H])CN(C(=O)OC(C)(C)C)CC1([2H])[2H]. The van der Waals surface area contributed by atoms with Crippen LogP contribution >= 0.6 is 0 Å². The van der Waals surface area contributed by atoms with E-state index in [0.717, 1.165) is 4.90 Å². The molecule has 0 aromatic carbocycles. The lowest BCUT2D eigenvalue weighted by molar-refractivity contribution is 0.0295. The molecule has 0 saturated carbocycles. The van der Waals surface area contributed by atoms with E-state index < -0.39 is 24.4 Å². The molecule has 0 bridgehead atoms. The Labute approximate surface area is 79.3 Å². The minimum absolute atomic E-state index is 0.269. The second kappa shape index (κ2) is 3.33. The van der Waals surface area contributed by atoms with Crippen molar-refractivity contribution in [2.75, 3.05) is 13.1 Å². The molecular formula is C9H17NO2. The maximum Gasteiger partial charge on any atom is 0.410 e. The maximum atomic E-state index is 11.6. The highest BCUT2D eigenvalue weighted by Crippen LogP contribution is 2.14. The summed E-state index contributed by atoms with van der Waals surface area (Å²) in [6, 6.07) is 0. The van der Waals surface area contributed by atoms with E-state index in [-0.39, 0.29) is 13.1 Å². The van der Waals surface area contributed by atoms with Gasteiger partial charge in [-0.25, -0.2) is 4.79 Å². The van der Waals surface area contributed by atoms with Crippen LogP contribution in [0, 0.1) is 0 Å². The molecule has 1 aliphatic heterocycles. The van der Waals surface area contributed by atoms with Crippen molar-refractivity contribution >= 4 is 6.09 Å². The zero-order valence-electron chi connectivity index (χ0n) is 11.7. The maximum absolute atomic E-state index is 11.6. The van der Waals surface area contributed by atoms with E-state index in [0.29, 0.717) is 0 Å². The molecule has 0 aromatic heterocycles. The number of hydrogen-bond donors (Lipinski definition) is 0. The molecule has 3 nitrogen and oxygen atoms in total. The van der Waals surface area contributed by atoms with Gasteiger partial charge in [-0.15, -0.1) is 0 Å². The quantitative estimate of drug-likeness (QED) is 0.563. The molecule has 0 radical (unpaired) electrons. The third kappa shape index (κ3) is 2.72. The Morgan fingerprint density at radius 3 is 2.33 bits per heavy atom. The van der Waals surface area contributed by atoms with Gasteiger partial charge in [0.15, 0.2) is 0 Å². The van der Waals surface area contributed by atoms with Gasteiger partial charge in [0.25, 0.3) is 0 Å². The molecule has 1 rings (SSSR count). The van der Waals surface area contributed by atoms with Gasteiger partial charge in [-0.05, 0) is 33.5 Å². The first-order valence-corrected chi connectivity index (χ1v) is 3.93. The van der Waals surface area contributed by atoms with Crippen LogP contribution < -0.4 is 0 Å². The summed E-state index contributed by atoms with van der Waals surface area (Å²) in [5, 5.41) is 0. The van der Waals surface area contributed by atoms with Gasteiger partial charge in [-0.2, -0.15) is 0 Å². The van der Waals surface area contributed by atoms with Crippen molar-refractivity contribution < 1.29 is 15.0 Å². The number of hydrogen-bond acceptors (Lipinski definition) is 2. The van der Waals surface area contributed by atoms with E-state index in [1.807, 2.05) is 0 Å². The van der Waals surface area contributed by atoms with Crippen molar-refractivity contribution in [1.29, 1.82) is 0 Å². The van der Waals surface area contributed by atoms with Crippen LogP contribution in [0.25, 0.3) is 0 Å². The molecule has 1 saturated heterocycles. The van der Waals surface area contributed by atoms with Gasteiger partial charge in [-0.1, -0.05) is 0 Å². The minimum atomic E-state index is -2.02. The summed E-state index contributed by atoms with van der Waals surface area (Å²) in [5.41, 5.74) is -0.654. The second-order valence-electron chi connectivity index (χ2n) is 3.69. The number of rotatable bonds is 0. The van der Waals surface area contributed by atoms with Crippen LogP contribution in [0.3, 0.4) is 0 Å². The van der Waals surface area contributed by atoms with Crippen LogP contribution in [-0.4, -0.2) is 29.7 Å². The van der Waals surface area contributed by atoms with Crippen LogP contribution in [0.5, 0.6) is 0 Å². The van der Waals surface area contributed by atoms with E-state index in [9.17, 15) is 4.79 Å². The average molecular weight is 175 g/mol. The molecule has 70 valence electrons. The van der Waals surface area contributed by atoms with Crippen LogP contribution in [-0.2, 0) is 4.74 Å². The van der Waals surface area contributed by atoms with Gasteiger partial charge >= 0.3 is 6.09 Å². The number of nitrogens with zero attached hydrogens (tertiary/aromatic N) is 1. The van der Waals surface area contributed by atoms with Gasteiger partial charge in [0.05, 0.1) is 0 Å². The Morgan fingerprint density at radius 2 is 1.92 bits per heavy atom. The molecule has 12 heavy (non-hydrogen) atoms. The van der Waals surface area contributed by atoms with Crippen LogP contribution in [0.15, 0.2) is 0 Å². The van der Waals surface area contributed by atoms with Crippen molar-refractivity contribution in [2.45, 2.75) is 39.1 Å². The van der Waals surface area contributed by atoms with Crippen LogP contribution in [0.1, 0.15) is 39.0 Å². The molecule has 1 heterocycles. The highest BCUT2D eigenvalue weighted by molar-refractivity contribution is 5.68. The van der Waals surface area contributed by atoms with Gasteiger partial charge in [-0.3, -0.25) is 0 Å². The molecule has 0 atom stereocenters. The predicted molar refractivity (Wildman–Crippen MR) is 47.0 cm³/mol. The molecule has 0 unspecified atom stereocenters. The van der Waals surface area contributed by atoms with E-state index in [1.165, 1.54) is 0 Å². The monoisotopic (exact) mass is 175 g/mol. The number of ether oxygens (including phenoxy) is 1. The molecule has 1 amide bonds. The molecule has 0 spiro atoms. The summed E-state index contributed by atoms with van der Waals surface area (Å²) < 4.78 is 35.0. The number of carbonyl (C=O) groups is 1. The third-order valence-corrected chi connectivity index (χ3v) is 1.32. The number of likely N-dealkylation sites (tertiary alicyclic amines) is 1. The standard InChI is InChI=1S/C9H17NO2/c1-9(2,3)12-8(11)10-6-4-5-7-10/h4-7H2,1-3H3/i4D2,5D2. The van der Waals surface area contributed by atoms with Crippen LogP contribution in [0.4, 0.5) is 4.79 Å². The molecule has 1 aliphatic rings. The normalized spacial score (nSPS) is 31.4. The summed E-state index contributed by atoms with van der Waals surface area (Å²) in [7, 11) is 0. The molecule has 1 fully saturated rings. The summed E-state index contributed by atoms with van der Waals surface area (Å²) in [5.74, 6) is 0. The van der Waals surface area contributed by atoms with Crippen molar-refractivity contribution in [1.82, 2.24) is 4.90 Å². The van der Waals surface area contributed by atoms with E-state index in [4.69, 9.17) is 10.2 Å². The van der Waals surface area contributed by atoms with E-state index in [1.54, 1.807) is 20.8 Å². The fraction of sp³-hybridized carbons (Fsp3) is 0.889. The predicted octanol–water partition coefficient (Wildman–Crippen LogP) is 2.02. The lowest BCUT2D eigenvalue weighted by Gasteiger charge is -2.23. The Balaban J connectivity index is 2.70. The first kappa shape index (κ1) is 5.10. The van der Waals surface area contributed by atoms with Gasteiger partial charge in [0.2, 0.25) is 0 Å². The van der Waals surface area contributed by atoms with E-state index >= 15 is 0 Å². The number of amides is 1. The molecule has 0 aliphatic carbocycles. The molecular weight excluding hydrogens is 154 g/mol. The topological polar surface area (TPSA) is 29.5 Å². The summed E-state index contributed by atoms with van der Waals surface area (Å²) in [4.78, 5) is 12.7. The van der Waals surface area contributed by atoms with Crippen molar-refractivity contribution in [3.8, 4) is 0 Å². The van der Waals surface area contributed by atoms with Gasteiger partial charge in [0, 0.05) is 18.6 Å². The second-order valence-corrected chi connectivity index (χ2v) is 3.69. The average Bonchev–Trinajstić information content (AvgIpc) is 2.17. The zero-order valence-corrected chi connectivity index (χ0v) is 7.68. The van der Waals surface area contributed by atoms with Crippen molar-refractivity contribution in [3.63, 3.8) is 0 Å². The highest BCUT2D eigenvalue weighted by Gasteiger charge is 2.23. The van der Waals surface area contributed by atoms with Crippen molar-refractivity contribution in [3.05, 3.63) is 0 Å². The van der Waals surface area contributed by atoms with Crippen LogP contribution in [0.2, 0.25) is 0 Å². The summed E-state index contributed by atoms with van der Waals surface area (Å²) in [6.45, 7) is 4.60. The number of carbonyl (C=O) groups excluding carboxylic acids is 1. The largest absolute Gasteiger partial charge is 0.444 e. The Kier molecular flexibility index (Phi) is 1.42. The minimum Gasteiger partial charge on any atom is -0.444 e. The highest BCUT2D eigenvalue weighted by atomic mass is 16.6. The van der Waals surface area contributed by atoms with Gasteiger partial charge < -0.3 is 9.64 Å². The Bertz CT molecular complexity index is 282. The van der Waals surface area contributed by atoms with E-state index in [2.05, 4.69) is 0 Å². The summed E-state index contributed by atoms with van der Waals surface area (Å²) in [6.07, 6.45) is -4.72. The first-order chi connectivity index (χ1) is 6.95. The third-order valence-electron chi connectivity index (χ3n) is 1.32. The fourth-order valence-corrected chi connectivity index (χ4v) is 0.814. The lowest BCUT2D eigenvalue weighted by atomic mass is 10.2.